The minimum Gasteiger partial charge on any atom is -0.497 e. The van der Waals surface area contributed by atoms with E-state index >= 15 is 0 Å². The first-order valence-electron chi connectivity index (χ1n) is 10.6. The van der Waals surface area contributed by atoms with Crippen molar-refractivity contribution >= 4 is 47.2 Å². The standard InChI is InChI=1S/C23H32N4O3S.HI/c1-5-24-23(26(2)15-17-6-7-19(29-3)14-20(17)30-4)25-11-8-22(28)27-12-9-21-18(16-27)10-13-31-21;/h6-7,10,13-14H,5,8-9,11-12,15-16H2,1-4H3,(H,24,25);1H. The van der Waals surface area contributed by atoms with Gasteiger partial charge in [-0.1, -0.05) is 0 Å². The van der Waals surface area contributed by atoms with Crippen LogP contribution in [-0.4, -0.2) is 62.6 Å². The summed E-state index contributed by atoms with van der Waals surface area (Å²) >= 11 is 1.79. The fourth-order valence-corrected chi connectivity index (χ4v) is 4.55. The minimum absolute atomic E-state index is 0. The topological polar surface area (TPSA) is 66.4 Å². The summed E-state index contributed by atoms with van der Waals surface area (Å²) in [4.78, 5) is 22.8. The Kier molecular flexibility index (Phi) is 10.6. The molecular formula is C23H33IN4O3S. The molecule has 0 atom stereocenters. The van der Waals surface area contributed by atoms with Crippen LogP contribution in [0.1, 0.15) is 29.3 Å². The third-order valence-corrected chi connectivity index (χ3v) is 6.37. The largest absolute Gasteiger partial charge is 0.497 e. The summed E-state index contributed by atoms with van der Waals surface area (Å²) in [6, 6.07) is 7.93. The first kappa shape index (κ1) is 26.2. The lowest BCUT2D eigenvalue weighted by Gasteiger charge is -2.27. The number of nitrogens with one attached hydrogen (secondary N) is 1. The number of hydrogen-bond acceptors (Lipinski definition) is 5. The molecule has 0 saturated heterocycles. The van der Waals surface area contributed by atoms with Gasteiger partial charge in [-0.25, -0.2) is 0 Å². The van der Waals surface area contributed by atoms with Crippen LogP contribution in [0.5, 0.6) is 11.5 Å². The number of methoxy groups -OCH3 is 2. The Morgan fingerprint density at radius 2 is 2.09 bits per heavy atom. The molecule has 7 nitrogen and oxygen atoms in total. The van der Waals surface area contributed by atoms with Gasteiger partial charge < -0.3 is 24.6 Å². The smallest absolute Gasteiger partial charge is 0.224 e. The van der Waals surface area contributed by atoms with E-state index in [4.69, 9.17) is 9.47 Å². The molecule has 1 aromatic heterocycles. The van der Waals surface area contributed by atoms with Crippen molar-refractivity contribution in [2.75, 3.05) is 40.9 Å². The van der Waals surface area contributed by atoms with E-state index in [1.54, 1.807) is 25.6 Å². The maximum absolute atomic E-state index is 12.7. The number of halogens is 1. The zero-order valence-corrected chi connectivity index (χ0v) is 22.4. The van der Waals surface area contributed by atoms with Gasteiger partial charge in [0.15, 0.2) is 5.96 Å². The second-order valence-corrected chi connectivity index (χ2v) is 8.45. The molecule has 9 heteroatoms. The Bertz CT molecular complexity index is 918. The molecule has 1 aliphatic heterocycles. The van der Waals surface area contributed by atoms with E-state index in [1.165, 1.54) is 10.4 Å². The fourth-order valence-electron chi connectivity index (χ4n) is 3.66. The zero-order valence-electron chi connectivity index (χ0n) is 19.2. The summed E-state index contributed by atoms with van der Waals surface area (Å²) < 4.78 is 10.8. The summed E-state index contributed by atoms with van der Waals surface area (Å²) in [5, 5.41) is 5.42. The molecule has 1 aromatic carbocycles. The van der Waals surface area contributed by atoms with Crippen LogP contribution < -0.4 is 14.8 Å². The molecule has 0 fully saturated rings. The van der Waals surface area contributed by atoms with Crippen molar-refractivity contribution in [1.29, 1.82) is 0 Å². The SMILES string of the molecule is CCNC(=NCCC(=O)N1CCc2sccc2C1)N(C)Cc1ccc(OC)cc1OC.I. The normalized spacial score (nSPS) is 13.1. The van der Waals surface area contributed by atoms with E-state index in [1.807, 2.05) is 42.0 Å². The number of guanidine groups is 1. The predicted octanol–water partition coefficient (Wildman–Crippen LogP) is 3.76. The average molecular weight is 573 g/mol. The summed E-state index contributed by atoms with van der Waals surface area (Å²) in [7, 11) is 5.28. The quantitative estimate of drug-likeness (QED) is 0.297. The van der Waals surface area contributed by atoms with Crippen LogP contribution >= 0.6 is 35.3 Å². The number of ether oxygens (including phenoxy) is 2. The first-order chi connectivity index (χ1) is 15.0. The molecular weight excluding hydrogens is 539 g/mol. The Labute approximate surface area is 211 Å². The number of thiophene rings is 1. The van der Waals surface area contributed by atoms with Crippen LogP contribution in [0.3, 0.4) is 0 Å². The number of hydrogen-bond donors (Lipinski definition) is 1. The second-order valence-electron chi connectivity index (χ2n) is 7.45. The summed E-state index contributed by atoms with van der Waals surface area (Å²) in [5.41, 5.74) is 2.32. The first-order valence-corrected chi connectivity index (χ1v) is 11.5. The van der Waals surface area contributed by atoms with E-state index in [2.05, 4.69) is 21.8 Å². The summed E-state index contributed by atoms with van der Waals surface area (Å²) in [6.45, 7) is 5.39. The summed E-state index contributed by atoms with van der Waals surface area (Å²) in [5.74, 6) is 2.47. The van der Waals surface area contributed by atoms with Gasteiger partial charge in [-0.15, -0.1) is 35.3 Å². The van der Waals surface area contributed by atoms with Gasteiger partial charge in [0.05, 0.1) is 20.8 Å². The van der Waals surface area contributed by atoms with E-state index in [9.17, 15) is 4.79 Å². The van der Waals surface area contributed by atoms with Gasteiger partial charge in [0.1, 0.15) is 11.5 Å². The van der Waals surface area contributed by atoms with Crippen molar-refractivity contribution in [2.45, 2.75) is 32.9 Å². The lowest BCUT2D eigenvalue weighted by molar-refractivity contribution is -0.131. The van der Waals surface area contributed by atoms with E-state index in [-0.39, 0.29) is 29.9 Å². The van der Waals surface area contributed by atoms with Gasteiger partial charge in [-0.3, -0.25) is 9.79 Å². The minimum atomic E-state index is 0. The van der Waals surface area contributed by atoms with Crippen molar-refractivity contribution in [3.05, 3.63) is 45.6 Å². The number of fused-ring (bicyclic) bond motifs is 1. The highest BCUT2D eigenvalue weighted by atomic mass is 127. The van der Waals surface area contributed by atoms with E-state index < -0.39 is 0 Å². The van der Waals surface area contributed by atoms with Crippen LogP contribution in [0.15, 0.2) is 34.6 Å². The van der Waals surface area contributed by atoms with Gasteiger partial charge in [-0.2, -0.15) is 0 Å². The van der Waals surface area contributed by atoms with Gasteiger partial charge in [0, 0.05) is 56.2 Å². The van der Waals surface area contributed by atoms with Crippen molar-refractivity contribution in [3.63, 3.8) is 0 Å². The van der Waals surface area contributed by atoms with Gasteiger partial charge in [-0.05, 0) is 42.5 Å². The average Bonchev–Trinajstić information content (AvgIpc) is 3.26. The van der Waals surface area contributed by atoms with Crippen LogP contribution in [0.25, 0.3) is 0 Å². The van der Waals surface area contributed by atoms with E-state index in [0.717, 1.165) is 49.1 Å². The highest BCUT2D eigenvalue weighted by Gasteiger charge is 2.21. The molecule has 0 saturated carbocycles. The maximum Gasteiger partial charge on any atom is 0.224 e. The van der Waals surface area contributed by atoms with Crippen LogP contribution in [-0.2, 0) is 24.3 Å². The van der Waals surface area contributed by atoms with Crippen molar-refractivity contribution in [1.82, 2.24) is 15.1 Å². The van der Waals surface area contributed by atoms with Gasteiger partial charge in [0.25, 0.3) is 0 Å². The molecule has 1 aliphatic rings. The highest BCUT2D eigenvalue weighted by Crippen LogP contribution is 2.26. The Morgan fingerprint density at radius 1 is 1.28 bits per heavy atom. The number of amides is 1. The molecule has 0 aliphatic carbocycles. The van der Waals surface area contributed by atoms with E-state index in [0.29, 0.717) is 19.5 Å². The molecule has 0 unspecified atom stereocenters. The van der Waals surface area contributed by atoms with Gasteiger partial charge in [0.2, 0.25) is 5.91 Å². The van der Waals surface area contributed by atoms with Gasteiger partial charge >= 0.3 is 0 Å². The molecule has 0 spiro atoms. The molecule has 0 radical (unpaired) electrons. The van der Waals surface area contributed by atoms with Crippen LogP contribution in [0, 0.1) is 0 Å². The fraction of sp³-hybridized carbons (Fsp3) is 0.478. The molecule has 176 valence electrons. The molecule has 0 bridgehead atoms. The molecule has 1 amide bonds. The monoisotopic (exact) mass is 572 g/mol. The third-order valence-electron chi connectivity index (χ3n) is 5.35. The van der Waals surface area contributed by atoms with Crippen molar-refractivity contribution in [3.8, 4) is 11.5 Å². The predicted molar refractivity (Wildman–Crippen MR) is 140 cm³/mol. The van der Waals surface area contributed by atoms with Crippen LogP contribution in [0.4, 0.5) is 0 Å². The Balaban J connectivity index is 0.00000363. The number of carbonyl (C=O) groups excluding carboxylic acids is 1. The molecule has 3 rings (SSSR count). The highest BCUT2D eigenvalue weighted by molar-refractivity contribution is 14.0. The number of nitrogens with zero attached hydrogens (tertiary/aromatic N) is 3. The van der Waals surface area contributed by atoms with Crippen molar-refractivity contribution < 1.29 is 14.3 Å². The second kappa shape index (κ2) is 12.9. The lowest BCUT2D eigenvalue weighted by Crippen LogP contribution is -2.39. The third kappa shape index (κ3) is 6.74. The van der Waals surface area contributed by atoms with Crippen LogP contribution in [0.2, 0.25) is 0 Å². The van der Waals surface area contributed by atoms with Crippen molar-refractivity contribution in [2.24, 2.45) is 4.99 Å². The number of benzene rings is 1. The lowest BCUT2D eigenvalue weighted by atomic mass is 10.1. The summed E-state index contributed by atoms with van der Waals surface area (Å²) in [6.07, 6.45) is 1.37. The molecule has 1 N–H and O–H groups in total. The number of carbonyl (C=O) groups is 1. The molecule has 2 heterocycles. The number of rotatable bonds is 8. The Hall–Kier alpha value is -2.01. The Morgan fingerprint density at radius 3 is 2.81 bits per heavy atom. The number of aliphatic imine (C=N–C) groups is 1. The molecule has 32 heavy (non-hydrogen) atoms. The molecule has 2 aromatic rings. The zero-order chi connectivity index (χ0) is 22.2. The maximum atomic E-state index is 12.7.